The summed E-state index contributed by atoms with van der Waals surface area (Å²) in [6, 6.07) is 0. The van der Waals surface area contributed by atoms with Crippen molar-refractivity contribution in [3.8, 4) is 0 Å². The zero-order valence-electron chi connectivity index (χ0n) is 15.3. The number of hydrogen-bond acceptors (Lipinski definition) is 5. The molecule has 0 aliphatic rings. The highest BCUT2D eigenvalue weighted by molar-refractivity contribution is 5.85. The van der Waals surface area contributed by atoms with E-state index in [1.165, 1.54) is 20.8 Å². The van der Waals surface area contributed by atoms with Crippen LogP contribution in [0.25, 0.3) is 0 Å². The van der Waals surface area contributed by atoms with Crippen LogP contribution in [-0.4, -0.2) is 56.7 Å². The summed E-state index contributed by atoms with van der Waals surface area (Å²) in [6.07, 6.45) is 0.854. The Morgan fingerprint density at radius 2 is 0.880 bits per heavy atom. The molecule has 0 radical (unpaired) electrons. The number of carbonyl (C=O) groups is 3. The number of carboxylic acid groups (broad SMARTS) is 3. The quantitative estimate of drug-likeness (QED) is 0.449. The van der Waals surface area contributed by atoms with Gasteiger partial charge in [-0.15, -0.1) is 0 Å². The van der Waals surface area contributed by atoms with Crippen molar-refractivity contribution in [3.05, 3.63) is 36.5 Å². The van der Waals surface area contributed by atoms with E-state index in [9.17, 15) is 14.4 Å². The molecule has 0 aliphatic heterocycles. The minimum absolute atomic E-state index is 0.0972. The molecule has 0 aliphatic carbocycles. The lowest BCUT2D eigenvalue weighted by molar-refractivity contribution is -0.133. The second-order valence-electron chi connectivity index (χ2n) is 4.90. The third-order valence-corrected chi connectivity index (χ3v) is 2.19. The van der Waals surface area contributed by atoms with Gasteiger partial charge in [0, 0.05) is 35.9 Å². The van der Waals surface area contributed by atoms with Crippen LogP contribution in [0.2, 0.25) is 0 Å². The highest BCUT2D eigenvalue weighted by Gasteiger charge is 1.98. The Hall–Kier alpha value is -2.45. The monoisotopic (exact) mass is 362 g/mol. The fraction of sp³-hybridized carbons (Fsp3) is 0.471. The highest BCUT2D eigenvalue weighted by atomic mass is 16.4. The van der Waals surface area contributed by atoms with E-state index in [1.54, 1.807) is 0 Å². The van der Waals surface area contributed by atoms with E-state index in [2.05, 4.69) is 19.7 Å². The van der Waals surface area contributed by atoms with E-state index in [0.29, 0.717) is 0 Å². The SMILES string of the molecule is C=C(C)C(=O)O.C=C(C)C(=O)O.C=C(C)C(=O)O.CCC(CO)CO. The molecular weight excluding hydrogens is 332 g/mol. The lowest BCUT2D eigenvalue weighted by Crippen LogP contribution is -2.08. The van der Waals surface area contributed by atoms with Gasteiger partial charge in [0.1, 0.15) is 0 Å². The summed E-state index contributed by atoms with van der Waals surface area (Å²) in [5.41, 5.74) is 0.528. The Morgan fingerprint density at radius 3 is 0.880 bits per heavy atom. The summed E-state index contributed by atoms with van der Waals surface area (Å²) in [6.45, 7) is 16.0. The molecule has 5 N–H and O–H groups in total. The van der Waals surface area contributed by atoms with E-state index >= 15 is 0 Å². The molecule has 0 spiro atoms. The standard InChI is InChI=1S/C5H12O2.3C4H6O2/c1-2-5(3-6)4-7;3*1-3(2)4(5)6/h5-7H,2-4H2,1H3;3*1H2,2H3,(H,5,6). The van der Waals surface area contributed by atoms with Crippen LogP contribution in [-0.2, 0) is 14.4 Å². The second kappa shape index (κ2) is 19.6. The fourth-order valence-electron chi connectivity index (χ4n) is 0.316. The summed E-state index contributed by atoms with van der Waals surface area (Å²) in [7, 11) is 0. The van der Waals surface area contributed by atoms with Gasteiger partial charge >= 0.3 is 17.9 Å². The fourth-order valence-corrected chi connectivity index (χ4v) is 0.316. The molecule has 146 valence electrons. The second-order valence-corrected chi connectivity index (χ2v) is 4.90. The molecule has 0 atom stereocenters. The van der Waals surface area contributed by atoms with Gasteiger partial charge in [0.25, 0.3) is 0 Å². The van der Waals surface area contributed by atoms with E-state index in [0.717, 1.165) is 6.42 Å². The van der Waals surface area contributed by atoms with Crippen molar-refractivity contribution in [2.75, 3.05) is 13.2 Å². The van der Waals surface area contributed by atoms with Crippen molar-refractivity contribution < 1.29 is 39.9 Å². The first-order chi connectivity index (χ1) is 11.3. The number of rotatable bonds is 6. The zero-order valence-corrected chi connectivity index (χ0v) is 15.3. The third-order valence-electron chi connectivity index (χ3n) is 2.19. The van der Waals surface area contributed by atoms with Gasteiger partial charge in [0.15, 0.2) is 0 Å². The van der Waals surface area contributed by atoms with Crippen LogP contribution >= 0.6 is 0 Å². The Labute approximate surface area is 148 Å². The molecule has 0 saturated heterocycles. The van der Waals surface area contributed by atoms with Crippen LogP contribution in [0.1, 0.15) is 34.1 Å². The number of aliphatic carboxylic acids is 3. The molecule has 0 rings (SSSR count). The summed E-state index contributed by atoms with van der Waals surface area (Å²) < 4.78 is 0. The van der Waals surface area contributed by atoms with Gasteiger partial charge < -0.3 is 25.5 Å². The Bertz CT molecular complexity index is 349. The summed E-state index contributed by atoms with van der Waals surface area (Å²) >= 11 is 0. The average molecular weight is 362 g/mol. The highest BCUT2D eigenvalue weighted by Crippen LogP contribution is 1.96. The van der Waals surface area contributed by atoms with Crippen molar-refractivity contribution in [2.24, 2.45) is 5.92 Å². The van der Waals surface area contributed by atoms with Crippen LogP contribution < -0.4 is 0 Å². The Kier molecular flexibility index (Phi) is 23.9. The number of hydrogen-bond donors (Lipinski definition) is 5. The van der Waals surface area contributed by atoms with Crippen LogP contribution in [0.5, 0.6) is 0 Å². The van der Waals surface area contributed by atoms with Gasteiger partial charge in [-0.1, -0.05) is 26.7 Å². The molecule has 8 heteroatoms. The van der Waals surface area contributed by atoms with Crippen molar-refractivity contribution in [3.63, 3.8) is 0 Å². The maximum absolute atomic E-state index is 9.60. The molecule has 8 nitrogen and oxygen atoms in total. The summed E-state index contributed by atoms with van der Waals surface area (Å²) in [5, 5.41) is 40.4. The molecule has 0 aromatic carbocycles. The van der Waals surface area contributed by atoms with Gasteiger partial charge in [0.2, 0.25) is 0 Å². The van der Waals surface area contributed by atoms with Crippen molar-refractivity contribution in [1.82, 2.24) is 0 Å². The molecule has 0 heterocycles. The topological polar surface area (TPSA) is 152 Å². The number of aliphatic hydroxyl groups excluding tert-OH is 2. The molecule has 0 bridgehead atoms. The molecular formula is C17H30O8. The largest absolute Gasteiger partial charge is 0.478 e. The normalized spacial score (nSPS) is 8.28. The summed E-state index contributed by atoms with van der Waals surface area (Å²) in [4.78, 5) is 28.8. The first-order valence-corrected chi connectivity index (χ1v) is 7.16. The Balaban J connectivity index is -0.000000118. The Morgan fingerprint density at radius 1 is 0.720 bits per heavy atom. The number of carboxylic acids is 3. The average Bonchev–Trinajstić information content (AvgIpc) is 2.50. The van der Waals surface area contributed by atoms with E-state index in [1.807, 2.05) is 6.92 Å². The predicted molar refractivity (Wildman–Crippen MR) is 95.3 cm³/mol. The molecule has 0 fully saturated rings. The van der Waals surface area contributed by atoms with Crippen LogP contribution in [0.4, 0.5) is 0 Å². The maximum Gasteiger partial charge on any atom is 0.330 e. The third kappa shape index (κ3) is 34.1. The van der Waals surface area contributed by atoms with E-state index in [-0.39, 0.29) is 35.9 Å². The first kappa shape index (κ1) is 30.4. The lowest BCUT2D eigenvalue weighted by atomic mass is 10.1. The molecule has 0 aromatic heterocycles. The minimum atomic E-state index is -0.935. The zero-order chi connectivity index (χ0) is 21.2. The molecule has 0 saturated carbocycles. The minimum Gasteiger partial charge on any atom is -0.478 e. The van der Waals surface area contributed by atoms with Gasteiger partial charge in [0.05, 0.1) is 0 Å². The molecule has 25 heavy (non-hydrogen) atoms. The number of aliphatic hydroxyl groups is 2. The van der Waals surface area contributed by atoms with Gasteiger partial charge in [-0.2, -0.15) is 0 Å². The van der Waals surface area contributed by atoms with Crippen LogP contribution in [0.15, 0.2) is 36.5 Å². The van der Waals surface area contributed by atoms with Gasteiger partial charge in [-0.25, -0.2) is 14.4 Å². The van der Waals surface area contributed by atoms with Crippen LogP contribution in [0.3, 0.4) is 0 Å². The summed E-state index contributed by atoms with van der Waals surface area (Å²) in [5.74, 6) is -2.71. The predicted octanol–water partition coefficient (Wildman–Crippen LogP) is 1.94. The van der Waals surface area contributed by atoms with Gasteiger partial charge in [-0.3, -0.25) is 0 Å². The smallest absolute Gasteiger partial charge is 0.330 e. The maximum atomic E-state index is 9.60. The van der Waals surface area contributed by atoms with Gasteiger partial charge in [-0.05, 0) is 27.2 Å². The van der Waals surface area contributed by atoms with Crippen molar-refractivity contribution in [1.29, 1.82) is 0 Å². The molecule has 0 unspecified atom stereocenters. The van der Waals surface area contributed by atoms with E-state index in [4.69, 9.17) is 25.5 Å². The lowest BCUT2D eigenvalue weighted by Gasteiger charge is -2.03. The first-order valence-electron chi connectivity index (χ1n) is 7.16. The van der Waals surface area contributed by atoms with Crippen molar-refractivity contribution in [2.45, 2.75) is 34.1 Å². The molecule has 0 amide bonds. The van der Waals surface area contributed by atoms with Crippen molar-refractivity contribution >= 4 is 17.9 Å². The van der Waals surface area contributed by atoms with Crippen LogP contribution in [0, 0.1) is 5.92 Å². The molecule has 0 aromatic rings. The van der Waals surface area contributed by atoms with E-state index < -0.39 is 17.9 Å².